The number of rotatable bonds is 4. The Bertz CT molecular complexity index is 599. The van der Waals surface area contributed by atoms with Gasteiger partial charge in [0.15, 0.2) is 0 Å². The van der Waals surface area contributed by atoms with E-state index in [-0.39, 0.29) is 0 Å². The highest BCUT2D eigenvalue weighted by Crippen LogP contribution is 2.33. The zero-order chi connectivity index (χ0) is 13.9. The quantitative estimate of drug-likeness (QED) is 0.927. The van der Waals surface area contributed by atoms with Gasteiger partial charge >= 0.3 is 0 Å². The van der Waals surface area contributed by atoms with Crippen LogP contribution in [0.2, 0.25) is 0 Å². The van der Waals surface area contributed by atoms with Crippen molar-refractivity contribution in [2.75, 3.05) is 32.1 Å². The normalized spacial score (nSPS) is 18.7. The highest BCUT2D eigenvalue weighted by molar-refractivity contribution is 5.96. The highest BCUT2D eigenvalue weighted by Gasteiger charge is 2.26. The van der Waals surface area contributed by atoms with Gasteiger partial charge in [-0.15, -0.1) is 0 Å². The summed E-state index contributed by atoms with van der Waals surface area (Å²) < 4.78 is 5.46. The van der Waals surface area contributed by atoms with E-state index in [4.69, 9.17) is 4.74 Å². The molecule has 4 nitrogen and oxygen atoms in total. The number of hydrogen-bond donors (Lipinski definition) is 1. The summed E-state index contributed by atoms with van der Waals surface area (Å²) in [5.74, 6) is 2.00. The molecule has 1 aliphatic rings. The van der Waals surface area contributed by atoms with Crippen molar-refractivity contribution in [2.45, 2.75) is 18.9 Å². The summed E-state index contributed by atoms with van der Waals surface area (Å²) in [6, 6.07) is 8.73. The van der Waals surface area contributed by atoms with Crippen LogP contribution < -0.4 is 15.0 Å². The van der Waals surface area contributed by atoms with Crippen molar-refractivity contribution >= 4 is 16.6 Å². The molecule has 0 bridgehead atoms. The highest BCUT2D eigenvalue weighted by atomic mass is 16.5. The van der Waals surface area contributed by atoms with Crippen molar-refractivity contribution < 1.29 is 4.74 Å². The molecule has 1 aliphatic heterocycles. The molecule has 0 aliphatic carbocycles. The van der Waals surface area contributed by atoms with Crippen LogP contribution in [0.25, 0.3) is 10.8 Å². The number of aromatic nitrogens is 1. The topological polar surface area (TPSA) is 37.4 Å². The minimum absolute atomic E-state index is 0.532. The van der Waals surface area contributed by atoms with Crippen LogP contribution in [0.1, 0.15) is 12.8 Å². The zero-order valence-corrected chi connectivity index (χ0v) is 12.1. The predicted molar refractivity (Wildman–Crippen MR) is 82.6 cm³/mol. The Morgan fingerprint density at radius 2 is 2.25 bits per heavy atom. The molecule has 0 amide bonds. The Morgan fingerprint density at radius 1 is 1.35 bits per heavy atom. The molecule has 4 heteroatoms. The summed E-state index contributed by atoms with van der Waals surface area (Å²) >= 11 is 0. The predicted octanol–water partition coefficient (Wildman–Crippen LogP) is 2.43. The van der Waals surface area contributed by atoms with E-state index in [0.29, 0.717) is 6.04 Å². The second kappa shape index (κ2) is 5.67. The second-order valence-corrected chi connectivity index (χ2v) is 5.24. The van der Waals surface area contributed by atoms with E-state index in [1.807, 2.05) is 31.4 Å². The first-order valence-corrected chi connectivity index (χ1v) is 7.18. The third kappa shape index (κ3) is 2.20. The van der Waals surface area contributed by atoms with E-state index in [1.54, 1.807) is 7.11 Å². The van der Waals surface area contributed by atoms with Crippen LogP contribution in [-0.4, -0.2) is 38.3 Å². The van der Waals surface area contributed by atoms with Gasteiger partial charge in [-0.05, 0) is 32.0 Å². The zero-order valence-electron chi connectivity index (χ0n) is 12.1. The molecule has 0 saturated carbocycles. The van der Waals surface area contributed by atoms with Crippen molar-refractivity contribution in [1.82, 2.24) is 10.3 Å². The molecular weight excluding hydrogens is 250 g/mol. The third-order valence-electron chi connectivity index (χ3n) is 4.05. The number of anilines is 1. The summed E-state index contributed by atoms with van der Waals surface area (Å²) in [6.07, 6.45) is 4.34. The van der Waals surface area contributed by atoms with E-state index in [2.05, 4.69) is 21.3 Å². The summed E-state index contributed by atoms with van der Waals surface area (Å²) in [5, 5.41) is 5.60. The van der Waals surface area contributed by atoms with Gasteiger partial charge in [-0.1, -0.05) is 12.1 Å². The van der Waals surface area contributed by atoms with Crippen molar-refractivity contribution in [3.8, 4) is 5.75 Å². The molecule has 3 rings (SSSR count). The molecule has 20 heavy (non-hydrogen) atoms. The Kier molecular flexibility index (Phi) is 3.74. The standard InChI is InChI=1S/C16H21N3O/c1-17-11-12-5-4-10-19(12)16-14-6-3-7-15(20-2)13(14)8-9-18-16/h3,6-9,12,17H,4-5,10-11H2,1-2H3. The molecule has 2 heterocycles. The average molecular weight is 271 g/mol. The molecule has 1 aromatic heterocycles. The fourth-order valence-electron chi connectivity index (χ4n) is 3.13. The summed E-state index contributed by atoms with van der Waals surface area (Å²) in [7, 11) is 3.73. The lowest BCUT2D eigenvalue weighted by Gasteiger charge is -2.26. The summed E-state index contributed by atoms with van der Waals surface area (Å²) in [5.41, 5.74) is 0. The molecule has 1 unspecified atom stereocenters. The van der Waals surface area contributed by atoms with Gasteiger partial charge in [0.1, 0.15) is 11.6 Å². The van der Waals surface area contributed by atoms with Crippen molar-refractivity contribution in [2.24, 2.45) is 0 Å². The van der Waals surface area contributed by atoms with Crippen LogP contribution in [0.5, 0.6) is 5.75 Å². The summed E-state index contributed by atoms with van der Waals surface area (Å²) in [6.45, 7) is 2.08. The lowest BCUT2D eigenvalue weighted by Crippen LogP contribution is -2.37. The number of methoxy groups -OCH3 is 1. The largest absolute Gasteiger partial charge is 0.496 e. The molecule has 106 valence electrons. The Labute approximate surface area is 119 Å². The molecule has 1 N–H and O–H groups in total. The maximum atomic E-state index is 5.46. The second-order valence-electron chi connectivity index (χ2n) is 5.24. The first-order valence-electron chi connectivity index (χ1n) is 7.18. The number of likely N-dealkylation sites (N-methyl/N-ethyl adjacent to an activating group) is 1. The van der Waals surface area contributed by atoms with E-state index >= 15 is 0 Å². The third-order valence-corrected chi connectivity index (χ3v) is 4.05. The fourth-order valence-corrected chi connectivity index (χ4v) is 3.13. The average Bonchev–Trinajstić information content (AvgIpc) is 2.94. The van der Waals surface area contributed by atoms with Gasteiger partial charge in [0.25, 0.3) is 0 Å². The molecule has 0 radical (unpaired) electrons. The van der Waals surface area contributed by atoms with Crippen LogP contribution in [0.15, 0.2) is 30.5 Å². The Morgan fingerprint density at radius 3 is 3.05 bits per heavy atom. The Balaban J connectivity index is 2.07. The van der Waals surface area contributed by atoms with Gasteiger partial charge in [-0.3, -0.25) is 0 Å². The van der Waals surface area contributed by atoms with Gasteiger partial charge in [-0.25, -0.2) is 4.98 Å². The smallest absolute Gasteiger partial charge is 0.136 e. The van der Waals surface area contributed by atoms with Crippen molar-refractivity contribution in [3.05, 3.63) is 30.5 Å². The van der Waals surface area contributed by atoms with Crippen LogP contribution in [0.3, 0.4) is 0 Å². The lowest BCUT2D eigenvalue weighted by atomic mass is 10.1. The number of hydrogen-bond acceptors (Lipinski definition) is 4. The minimum Gasteiger partial charge on any atom is -0.496 e. The van der Waals surface area contributed by atoms with Crippen molar-refractivity contribution in [1.29, 1.82) is 0 Å². The molecule has 2 aromatic rings. The first kappa shape index (κ1) is 13.2. The maximum Gasteiger partial charge on any atom is 0.136 e. The summed E-state index contributed by atoms with van der Waals surface area (Å²) in [4.78, 5) is 7.07. The van der Waals surface area contributed by atoms with Gasteiger partial charge in [0, 0.05) is 36.1 Å². The van der Waals surface area contributed by atoms with E-state index in [9.17, 15) is 0 Å². The SMILES string of the molecule is CNCC1CCCN1c1nccc2c(OC)cccc12. The molecule has 1 atom stereocenters. The van der Waals surface area contributed by atoms with Gasteiger partial charge in [0.05, 0.1) is 7.11 Å². The minimum atomic E-state index is 0.532. The van der Waals surface area contributed by atoms with Crippen LogP contribution in [-0.2, 0) is 0 Å². The fraction of sp³-hybridized carbons (Fsp3) is 0.438. The Hall–Kier alpha value is -1.81. The van der Waals surface area contributed by atoms with Crippen LogP contribution in [0.4, 0.5) is 5.82 Å². The number of fused-ring (bicyclic) bond motifs is 1. The lowest BCUT2D eigenvalue weighted by molar-refractivity contribution is 0.420. The molecule has 0 spiro atoms. The van der Waals surface area contributed by atoms with E-state index in [0.717, 1.165) is 30.0 Å². The van der Waals surface area contributed by atoms with Crippen LogP contribution in [0, 0.1) is 0 Å². The van der Waals surface area contributed by atoms with Gasteiger partial charge in [0.2, 0.25) is 0 Å². The number of nitrogens with one attached hydrogen (secondary N) is 1. The number of nitrogens with zero attached hydrogens (tertiary/aromatic N) is 2. The monoisotopic (exact) mass is 271 g/mol. The first-order chi connectivity index (χ1) is 9.85. The van der Waals surface area contributed by atoms with Crippen molar-refractivity contribution in [3.63, 3.8) is 0 Å². The molecule has 1 aromatic carbocycles. The number of benzene rings is 1. The number of pyridine rings is 1. The van der Waals surface area contributed by atoms with Gasteiger partial charge < -0.3 is 15.0 Å². The maximum absolute atomic E-state index is 5.46. The van der Waals surface area contributed by atoms with Gasteiger partial charge in [-0.2, -0.15) is 0 Å². The molecular formula is C16H21N3O. The van der Waals surface area contributed by atoms with E-state index in [1.165, 1.54) is 18.2 Å². The van der Waals surface area contributed by atoms with Crippen LogP contribution >= 0.6 is 0 Å². The van der Waals surface area contributed by atoms with E-state index < -0.39 is 0 Å². The number of ether oxygens (including phenoxy) is 1. The molecule has 1 saturated heterocycles. The molecule has 1 fully saturated rings.